The molecule has 0 spiro atoms. The standard InChI is InChI=1S/C14H21N3O2/c15-12-5-1-2-6-13(12)16-14(19)7-9-17-8-3-4-11(17)10-18/h1-2,5-6,11,18H,3-4,7-10,15H2,(H,16,19). The minimum absolute atomic E-state index is 0.0403. The summed E-state index contributed by atoms with van der Waals surface area (Å²) < 4.78 is 0. The van der Waals surface area contributed by atoms with E-state index >= 15 is 0 Å². The third kappa shape index (κ3) is 3.68. The first kappa shape index (κ1) is 13.8. The van der Waals surface area contributed by atoms with Gasteiger partial charge in [0.2, 0.25) is 5.91 Å². The molecule has 2 rings (SSSR count). The highest BCUT2D eigenvalue weighted by Crippen LogP contribution is 2.18. The van der Waals surface area contributed by atoms with Crippen LogP contribution in [-0.2, 0) is 4.79 Å². The smallest absolute Gasteiger partial charge is 0.225 e. The molecule has 1 aliphatic heterocycles. The van der Waals surface area contributed by atoms with Crippen molar-refractivity contribution in [3.8, 4) is 0 Å². The van der Waals surface area contributed by atoms with Crippen LogP contribution >= 0.6 is 0 Å². The maximum Gasteiger partial charge on any atom is 0.225 e. The van der Waals surface area contributed by atoms with E-state index in [1.54, 1.807) is 12.1 Å². The van der Waals surface area contributed by atoms with Crippen molar-refractivity contribution in [1.29, 1.82) is 0 Å². The van der Waals surface area contributed by atoms with E-state index in [0.29, 0.717) is 24.3 Å². The number of carbonyl (C=O) groups is 1. The number of para-hydroxylation sites is 2. The number of anilines is 2. The molecule has 104 valence electrons. The van der Waals surface area contributed by atoms with E-state index in [9.17, 15) is 9.90 Å². The summed E-state index contributed by atoms with van der Waals surface area (Å²) in [4.78, 5) is 14.0. The van der Waals surface area contributed by atoms with Gasteiger partial charge in [-0.25, -0.2) is 0 Å². The predicted octanol–water partition coefficient (Wildman–Crippen LogP) is 1.05. The Kier molecular flexibility index (Phi) is 4.76. The topological polar surface area (TPSA) is 78.6 Å². The van der Waals surface area contributed by atoms with Gasteiger partial charge in [-0.3, -0.25) is 9.69 Å². The van der Waals surface area contributed by atoms with E-state index in [0.717, 1.165) is 19.4 Å². The van der Waals surface area contributed by atoms with E-state index in [4.69, 9.17) is 5.73 Å². The van der Waals surface area contributed by atoms with Gasteiger partial charge in [0.05, 0.1) is 18.0 Å². The zero-order valence-corrected chi connectivity index (χ0v) is 11.0. The molecule has 4 N–H and O–H groups in total. The largest absolute Gasteiger partial charge is 0.397 e. The summed E-state index contributed by atoms with van der Waals surface area (Å²) in [5.74, 6) is -0.0403. The molecular weight excluding hydrogens is 242 g/mol. The first-order valence-electron chi connectivity index (χ1n) is 6.70. The number of nitrogens with two attached hydrogens (primary N) is 1. The number of nitrogens with zero attached hydrogens (tertiary/aromatic N) is 1. The fourth-order valence-corrected chi connectivity index (χ4v) is 2.46. The van der Waals surface area contributed by atoms with Gasteiger partial charge in [-0.05, 0) is 31.5 Å². The molecule has 0 radical (unpaired) electrons. The van der Waals surface area contributed by atoms with Crippen LogP contribution in [0.4, 0.5) is 11.4 Å². The lowest BCUT2D eigenvalue weighted by molar-refractivity contribution is -0.116. The van der Waals surface area contributed by atoms with Crippen molar-refractivity contribution in [3.05, 3.63) is 24.3 Å². The number of nitrogen functional groups attached to an aromatic ring is 1. The molecule has 1 unspecified atom stereocenters. The zero-order chi connectivity index (χ0) is 13.7. The molecule has 1 atom stereocenters. The molecule has 0 aliphatic carbocycles. The molecule has 0 saturated carbocycles. The number of aliphatic hydroxyl groups is 1. The summed E-state index contributed by atoms with van der Waals surface area (Å²) in [6.07, 6.45) is 2.53. The van der Waals surface area contributed by atoms with Gasteiger partial charge < -0.3 is 16.2 Å². The lowest BCUT2D eigenvalue weighted by Crippen LogP contribution is -2.34. The number of rotatable bonds is 5. The van der Waals surface area contributed by atoms with Crippen LogP contribution in [0.2, 0.25) is 0 Å². The first-order valence-corrected chi connectivity index (χ1v) is 6.70. The second kappa shape index (κ2) is 6.54. The fourth-order valence-electron chi connectivity index (χ4n) is 2.46. The van der Waals surface area contributed by atoms with Gasteiger partial charge in [0.15, 0.2) is 0 Å². The first-order chi connectivity index (χ1) is 9.20. The Hall–Kier alpha value is -1.59. The normalized spacial score (nSPS) is 19.5. The van der Waals surface area contributed by atoms with E-state index in [2.05, 4.69) is 10.2 Å². The molecule has 1 heterocycles. The van der Waals surface area contributed by atoms with Crippen LogP contribution in [0.25, 0.3) is 0 Å². The number of aliphatic hydroxyl groups excluding tert-OH is 1. The monoisotopic (exact) mass is 263 g/mol. The van der Waals surface area contributed by atoms with Crippen molar-refractivity contribution in [2.24, 2.45) is 0 Å². The van der Waals surface area contributed by atoms with Gasteiger partial charge in [-0.1, -0.05) is 12.1 Å². The molecule has 1 fully saturated rings. The number of hydrogen-bond acceptors (Lipinski definition) is 4. The number of benzene rings is 1. The van der Waals surface area contributed by atoms with E-state index in [1.807, 2.05) is 12.1 Å². The number of hydrogen-bond donors (Lipinski definition) is 3. The molecular formula is C14H21N3O2. The molecule has 5 nitrogen and oxygen atoms in total. The Labute approximate surface area is 113 Å². The quantitative estimate of drug-likeness (QED) is 0.694. The van der Waals surface area contributed by atoms with Crippen molar-refractivity contribution in [2.75, 3.05) is 30.7 Å². The van der Waals surface area contributed by atoms with Gasteiger partial charge >= 0.3 is 0 Å². The van der Waals surface area contributed by atoms with Crippen LogP contribution in [0.5, 0.6) is 0 Å². The third-order valence-electron chi connectivity index (χ3n) is 3.57. The van der Waals surface area contributed by atoms with Crippen molar-refractivity contribution >= 4 is 17.3 Å². The van der Waals surface area contributed by atoms with Crippen LogP contribution in [-0.4, -0.2) is 41.7 Å². The predicted molar refractivity (Wildman–Crippen MR) is 75.8 cm³/mol. The number of likely N-dealkylation sites (tertiary alicyclic amines) is 1. The van der Waals surface area contributed by atoms with Crippen LogP contribution in [0.3, 0.4) is 0 Å². The van der Waals surface area contributed by atoms with Gasteiger partial charge in [0.25, 0.3) is 0 Å². The molecule has 1 aromatic rings. The summed E-state index contributed by atoms with van der Waals surface area (Å²) in [5, 5.41) is 12.0. The zero-order valence-electron chi connectivity index (χ0n) is 11.0. The maximum atomic E-state index is 11.9. The van der Waals surface area contributed by atoms with Crippen molar-refractivity contribution in [2.45, 2.75) is 25.3 Å². The van der Waals surface area contributed by atoms with Gasteiger partial charge in [-0.15, -0.1) is 0 Å². The Balaban J connectivity index is 1.80. The van der Waals surface area contributed by atoms with Crippen LogP contribution in [0.15, 0.2) is 24.3 Å². The second-order valence-electron chi connectivity index (χ2n) is 4.90. The molecule has 0 bridgehead atoms. The average Bonchev–Trinajstić information content (AvgIpc) is 2.86. The summed E-state index contributed by atoms with van der Waals surface area (Å²) in [6.45, 7) is 1.82. The maximum absolute atomic E-state index is 11.9. The van der Waals surface area contributed by atoms with Crippen LogP contribution in [0.1, 0.15) is 19.3 Å². The summed E-state index contributed by atoms with van der Waals surface area (Å²) in [7, 11) is 0. The van der Waals surface area contributed by atoms with Crippen LogP contribution in [0, 0.1) is 0 Å². The van der Waals surface area contributed by atoms with Gasteiger partial charge in [-0.2, -0.15) is 0 Å². The Bertz CT molecular complexity index is 436. The van der Waals surface area contributed by atoms with Crippen molar-refractivity contribution in [1.82, 2.24) is 4.90 Å². The highest BCUT2D eigenvalue weighted by molar-refractivity contribution is 5.93. The average molecular weight is 263 g/mol. The van der Waals surface area contributed by atoms with Crippen molar-refractivity contribution in [3.63, 3.8) is 0 Å². The molecule has 0 aromatic heterocycles. The van der Waals surface area contributed by atoms with E-state index < -0.39 is 0 Å². The van der Waals surface area contributed by atoms with E-state index in [1.165, 1.54) is 0 Å². The Morgan fingerprint density at radius 3 is 3.00 bits per heavy atom. The number of carbonyl (C=O) groups excluding carboxylic acids is 1. The van der Waals surface area contributed by atoms with Gasteiger partial charge in [0, 0.05) is 19.0 Å². The Morgan fingerprint density at radius 1 is 1.47 bits per heavy atom. The SMILES string of the molecule is Nc1ccccc1NC(=O)CCN1CCCC1CO. The summed E-state index contributed by atoms with van der Waals surface area (Å²) >= 11 is 0. The fraction of sp³-hybridized carbons (Fsp3) is 0.500. The molecule has 1 amide bonds. The molecule has 19 heavy (non-hydrogen) atoms. The van der Waals surface area contributed by atoms with Crippen LogP contribution < -0.4 is 11.1 Å². The minimum atomic E-state index is -0.0403. The molecule has 1 saturated heterocycles. The highest BCUT2D eigenvalue weighted by Gasteiger charge is 2.23. The third-order valence-corrected chi connectivity index (χ3v) is 3.57. The van der Waals surface area contributed by atoms with Gasteiger partial charge in [0.1, 0.15) is 0 Å². The number of amides is 1. The summed E-state index contributed by atoms with van der Waals surface area (Å²) in [6, 6.07) is 7.45. The van der Waals surface area contributed by atoms with Crippen molar-refractivity contribution < 1.29 is 9.90 Å². The molecule has 5 heteroatoms. The minimum Gasteiger partial charge on any atom is -0.397 e. The molecule has 1 aromatic carbocycles. The lowest BCUT2D eigenvalue weighted by atomic mass is 10.2. The lowest BCUT2D eigenvalue weighted by Gasteiger charge is -2.22. The highest BCUT2D eigenvalue weighted by atomic mass is 16.3. The molecule has 1 aliphatic rings. The second-order valence-corrected chi connectivity index (χ2v) is 4.90. The number of nitrogens with one attached hydrogen (secondary N) is 1. The summed E-state index contributed by atoms with van der Waals surface area (Å²) in [5.41, 5.74) is 7.01. The van der Waals surface area contributed by atoms with E-state index in [-0.39, 0.29) is 18.6 Å². The Morgan fingerprint density at radius 2 is 2.26 bits per heavy atom.